The maximum Gasteiger partial charge on any atom is 0.326 e. The molecule has 1 heterocycles. The van der Waals surface area contributed by atoms with Gasteiger partial charge < -0.3 is 20.7 Å². The first-order chi connectivity index (χ1) is 14.4. The van der Waals surface area contributed by atoms with Crippen LogP contribution >= 0.6 is 0 Å². The Bertz CT molecular complexity index is 982. The topological polar surface area (TPSA) is 134 Å². The molecular formula is C21H26N4O6. The monoisotopic (exact) mass is 430 g/mol. The number of urea groups is 1. The number of imide groups is 1. The van der Waals surface area contributed by atoms with E-state index in [4.69, 9.17) is 4.74 Å². The molecule has 3 N–H and O–H groups in total. The Hall–Kier alpha value is -3.43. The molecular weight excluding hydrogens is 404 g/mol. The fourth-order valence-corrected chi connectivity index (χ4v) is 3.41. The lowest BCUT2D eigenvalue weighted by Crippen LogP contribution is -2.54. The summed E-state index contributed by atoms with van der Waals surface area (Å²) in [6, 6.07) is 2.16. The first kappa shape index (κ1) is 22.3. The summed E-state index contributed by atoms with van der Waals surface area (Å²) in [5.74, 6) is -2.02. The van der Waals surface area contributed by atoms with Gasteiger partial charge in [-0.25, -0.2) is 9.69 Å². The highest BCUT2D eigenvalue weighted by Crippen LogP contribution is 2.47. The summed E-state index contributed by atoms with van der Waals surface area (Å²) >= 11 is 0. The molecule has 0 bridgehead atoms. The lowest BCUT2D eigenvalue weighted by molar-refractivity contribution is -0.143. The van der Waals surface area contributed by atoms with E-state index in [1.165, 1.54) is 40.0 Å². The molecule has 1 saturated carbocycles. The molecule has 2 fully saturated rings. The Morgan fingerprint density at radius 2 is 1.77 bits per heavy atom. The van der Waals surface area contributed by atoms with Crippen LogP contribution < -0.4 is 20.7 Å². The summed E-state index contributed by atoms with van der Waals surface area (Å²) in [6.45, 7) is 6.06. The number of ether oxygens (including phenoxy) is 1. The average Bonchev–Trinajstić information content (AvgIpc) is 3.38. The van der Waals surface area contributed by atoms with Gasteiger partial charge in [-0.3, -0.25) is 19.2 Å². The van der Waals surface area contributed by atoms with Crippen LogP contribution in [0.15, 0.2) is 18.2 Å². The fourth-order valence-electron chi connectivity index (χ4n) is 3.41. The summed E-state index contributed by atoms with van der Waals surface area (Å²) in [4.78, 5) is 63.9. The number of nitrogens with zero attached hydrogens (tertiary/aromatic N) is 1. The second-order valence-electron chi connectivity index (χ2n) is 8.64. The first-order valence-electron chi connectivity index (χ1n) is 9.86. The van der Waals surface area contributed by atoms with Crippen molar-refractivity contribution in [3.63, 3.8) is 0 Å². The molecule has 1 aromatic carbocycles. The van der Waals surface area contributed by atoms with E-state index in [2.05, 4.69) is 16.0 Å². The van der Waals surface area contributed by atoms with Gasteiger partial charge in [0.25, 0.3) is 11.8 Å². The number of rotatable bonds is 7. The van der Waals surface area contributed by atoms with Crippen molar-refractivity contribution in [1.29, 1.82) is 0 Å². The van der Waals surface area contributed by atoms with Gasteiger partial charge in [-0.05, 0) is 44.9 Å². The number of anilines is 2. The first-order valence-corrected chi connectivity index (χ1v) is 9.86. The molecule has 1 saturated heterocycles. The van der Waals surface area contributed by atoms with E-state index in [-0.39, 0.29) is 17.3 Å². The predicted octanol–water partition coefficient (Wildman–Crippen LogP) is 1.66. The molecule has 2 aliphatic rings. The lowest BCUT2D eigenvalue weighted by Gasteiger charge is -2.26. The van der Waals surface area contributed by atoms with Crippen molar-refractivity contribution in [3.8, 4) is 5.75 Å². The van der Waals surface area contributed by atoms with Gasteiger partial charge in [0, 0.05) is 18.0 Å². The van der Waals surface area contributed by atoms with Crippen LogP contribution in [0.4, 0.5) is 16.2 Å². The standard InChI is InChI=1S/C21H26N4O6/c1-11(26)22-12-6-7-14(31-5)13(10-12)23-17(28)15(16(27)21(4)8-9-21)25-18(29)20(2,3)24-19(25)30/h6-7,10,15H,8-9H2,1-5H3,(H,22,26)(H,23,28)(H,24,30). The van der Waals surface area contributed by atoms with Crippen LogP contribution in [0.25, 0.3) is 0 Å². The van der Waals surface area contributed by atoms with Gasteiger partial charge in [-0.2, -0.15) is 0 Å². The third kappa shape index (κ3) is 4.23. The number of nitrogens with one attached hydrogen (secondary N) is 3. The second kappa shape index (κ2) is 7.68. The third-order valence-corrected chi connectivity index (χ3v) is 5.52. The molecule has 31 heavy (non-hydrogen) atoms. The van der Waals surface area contributed by atoms with E-state index in [0.717, 1.165) is 0 Å². The average molecular weight is 430 g/mol. The fraction of sp³-hybridized carbons (Fsp3) is 0.476. The highest BCUT2D eigenvalue weighted by atomic mass is 16.5. The molecule has 1 atom stereocenters. The number of hydrogen-bond acceptors (Lipinski definition) is 6. The van der Waals surface area contributed by atoms with Crippen LogP contribution in [0.5, 0.6) is 5.75 Å². The van der Waals surface area contributed by atoms with Crippen molar-refractivity contribution in [2.24, 2.45) is 5.41 Å². The highest BCUT2D eigenvalue weighted by Gasteiger charge is 2.57. The van der Waals surface area contributed by atoms with Gasteiger partial charge in [0.1, 0.15) is 11.3 Å². The van der Waals surface area contributed by atoms with E-state index in [1.807, 2.05) is 0 Å². The lowest BCUT2D eigenvalue weighted by atomic mass is 9.94. The minimum absolute atomic E-state index is 0.184. The zero-order chi connectivity index (χ0) is 23.1. The van der Waals surface area contributed by atoms with Crippen molar-refractivity contribution < 1.29 is 28.7 Å². The van der Waals surface area contributed by atoms with E-state index >= 15 is 0 Å². The smallest absolute Gasteiger partial charge is 0.326 e. The van der Waals surface area contributed by atoms with Gasteiger partial charge in [-0.1, -0.05) is 6.92 Å². The van der Waals surface area contributed by atoms with Crippen LogP contribution in [-0.4, -0.2) is 53.1 Å². The molecule has 0 radical (unpaired) electrons. The summed E-state index contributed by atoms with van der Waals surface area (Å²) in [6.07, 6.45) is 1.15. The maximum absolute atomic E-state index is 13.3. The third-order valence-electron chi connectivity index (χ3n) is 5.52. The second-order valence-corrected chi connectivity index (χ2v) is 8.64. The van der Waals surface area contributed by atoms with Crippen molar-refractivity contribution >= 4 is 40.9 Å². The Labute approximate surface area is 179 Å². The number of hydrogen-bond donors (Lipinski definition) is 3. The maximum atomic E-state index is 13.3. The van der Waals surface area contributed by atoms with Crippen LogP contribution in [0.1, 0.15) is 40.5 Å². The predicted molar refractivity (Wildman–Crippen MR) is 112 cm³/mol. The molecule has 1 unspecified atom stereocenters. The summed E-state index contributed by atoms with van der Waals surface area (Å²) in [7, 11) is 1.40. The molecule has 166 valence electrons. The van der Waals surface area contributed by atoms with Crippen molar-refractivity contribution in [2.75, 3.05) is 17.7 Å². The zero-order valence-corrected chi connectivity index (χ0v) is 18.1. The molecule has 0 aromatic heterocycles. The van der Waals surface area contributed by atoms with Crippen LogP contribution in [0.2, 0.25) is 0 Å². The van der Waals surface area contributed by atoms with Crippen LogP contribution in [0, 0.1) is 5.41 Å². The van der Waals surface area contributed by atoms with Crippen molar-refractivity contribution in [2.45, 2.75) is 52.1 Å². The number of benzene rings is 1. The van der Waals surface area contributed by atoms with Gasteiger partial charge in [0.15, 0.2) is 11.8 Å². The molecule has 5 amide bonds. The molecule has 1 aliphatic carbocycles. The number of amides is 5. The van der Waals surface area contributed by atoms with Crippen molar-refractivity contribution in [1.82, 2.24) is 10.2 Å². The highest BCUT2D eigenvalue weighted by molar-refractivity contribution is 6.20. The van der Waals surface area contributed by atoms with E-state index in [1.54, 1.807) is 13.0 Å². The number of carbonyl (C=O) groups is 5. The van der Waals surface area contributed by atoms with E-state index in [9.17, 15) is 24.0 Å². The Balaban J connectivity index is 1.97. The quantitative estimate of drug-likeness (QED) is 0.445. The van der Waals surface area contributed by atoms with E-state index < -0.39 is 40.6 Å². The SMILES string of the molecule is COc1ccc(NC(C)=O)cc1NC(=O)C(C(=O)C1(C)CC1)N1C(=O)NC(C)(C)C1=O. The molecule has 1 aliphatic heterocycles. The Morgan fingerprint density at radius 1 is 1.13 bits per heavy atom. The minimum atomic E-state index is -1.63. The number of ketones is 1. The number of methoxy groups -OCH3 is 1. The minimum Gasteiger partial charge on any atom is -0.495 e. The zero-order valence-electron chi connectivity index (χ0n) is 18.1. The molecule has 1 aromatic rings. The van der Waals surface area contributed by atoms with Gasteiger partial charge >= 0.3 is 6.03 Å². The molecule has 0 spiro atoms. The van der Waals surface area contributed by atoms with Gasteiger partial charge in [0.2, 0.25) is 5.91 Å². The summed E-state index contributed by atoms with van der Waals surface area (Å²) in [5.41, 5.74) is -1.42. The van der Waals surface area contributed by atoms with E-state index in [0.29, 0.717) is 23.4 Å². The Kier molecular flexibility index (Phi) is 5.51. The normalized spacial score (nSPS) is 19.3. The van der Waals surface area contributed by atoms with Crippen LogP contribution in [-0.2, 0) is 19.2 Å². The summed E-state index contributed by atoms with van der Waals surface area (Å²) < 4.78 is 5.25. The Morgan fingerprint density at radius 3 is 2.26 bits per heavy atom. The molecule has 3 rings (SSSR count). The largest absolute Gasteiger partial charge is 0.495 e. The summed E-state index contributed by atoms with van der Waals surface area (Å²) in [5, 5.41) is 7.69. The van der Waals surface area contributed by atoms with Gasteiger partial charge in [0.05, 0.1) is 12.8 Å². The molecule has 10 nitrogen and oxygen atoms in total. The molecule has 10 heteroatoms. The van der Waals surface area contributed by atoms with Gasteiger partial charge in [-0.15, -0.1) is 0 Å². The van der Waals surface area contributed by atoms with Crippen molar-refractivity contribution in [3.05, 3.63) is 18.2 Å². The number of carbonyl (C=O) groups excluding carboxylic acids is 5. The number of Topliss-reactive ketones (excluding diaryl/α,β-unsaturated/α-hetero) is 1. The van der Waals surface area contributed by atoms with Crippen LogP contribution in [0.3, 0.4) is 0 Å².